The fraction of sp³-hybridized carbons (Fsp3) is 0.375. The van der Waals surface area contributed by atoms with Gasteiger partial charge in [-0.1, -0.05) is 6.07 Å². The Labute approximate surface area is 124 Å². The van der Waals surface area contributed by atoms with Crippen LogP contribution in [0.3, 0.4) is 0 Å². The normalized spacial score (nSPS) is 15.8. The number of aryl methyl sites for hydroxylation is 1. The van der Waals surface area contributed by atoms with Gasteiger partial charge in [-0.2, -0.15) is 5.26 Å². The van der Waals surface area contributed by atoms with Crippen molar-refractivity contribution in [1.82, 2.24) is 15.0 Å². The van der Waals surface area contributed by atoms with Crippen LogP contribution in [0.1, 0.15) is 42.1 Å². The van der Waals surface area contributed by atoms with Crippen LogP contribution in [0, 0.1) is 18.3 Å². The highest BCUT2D eigenvalue weighted by Gasteiger charge is 2.22. The summed E-state index contributed by atoms with van der Waals surface area (Å²) in [6.07, 6.45) is 7.05. The number of nitrogens with zero attached hydrogens (tertiary/aromatic N) is 4. The first-order chi connectivity index (χ1) is 10.3. The van der Waals surface area contributed by atoms with Gasteiger partial charge in [0.2, 0.25) is 5.95 Å². The van der Waals surface area contributed by atoms with Gasteiger partial charge in [0.05, 0.1) is 17.5 Å². The number of nitriles is 1. The maximum absolute atomic E-state index is 9.52. The lowest BCUT2D eigenvalue weighted by atomic mass is 9.93. The van der Waals surface area contributed by atoms with Gasteiger partial charge < -0.3 is 5.32 Å². The average molecular weight is 279 g/mol. The van der Waals surface area contributed by atoms with E-state index in [9.17, 15) is 5.26 Å². The molecule has 0 radical (unpaired) electrons. The molecule has 1 fully saturated rings. The van der Waals surface area contributed by atoms with Crippen molar-refractivity contribution in [3.8, 4) is 6.07 Å². The van der Waals surface area contributed by atoms with E-state index < -0.39 is 5.92 Å². The lowest BCUT2D eigenvalue weighted by molar-refractivity contribution is 0.443. The summed E-state index contributed by atoms with van der Waals surface area (Å²) in [6, 6.07) is 8.35. The lowest BCUT2D eigenvalue weighted by Crippen LogP contribution is -2.28. The first-order valence-electron chi connectivity index (χ1n) is 7.18. The van der Waals surface area contributed by atoms with Crippen LogP contribution in [0.4, 0.5) is 5.95 Å². The zero-order valence-electron chi connectivity index (χ0n) is 12.0. The van der Waals surface area contributed by atoms with Crippen LogP contribution < -0.4 is 5.32 Å². The molecular formula is C16H17N5. The molecule has 21 heavy (non-hydrogen) atoms. The monoisotopic (exact) mass is 279 g/mol. The van der Waals surface area contributed by atoms with Gasteiger partial charge in [-0.05, 0) is 43.9 Å². The van der Waals surface area contributed by atoms with Crippen molar-refractivity contribution in [3.63, 3.8) is 0 Å². The largest absolute Gasteiger partial charge is 0.351 e. The number of pyridine rings is 1. The lowest BCUT2D eigenvalue weighted by Gasteiger charge is -2.26. The van der Waals surface area contributed by atoms with Crippen molar-refractivity contribution >= 4 is 5.95 Å². The third-order valence-corrected chi connectivity index (χ3v) is 3.84. The van der Waals surface area contributed by atoms with E-state index in [4.69, 9.17) is 0 Å². The molecule has 3 rings (SSSR count). The van der Waals surface area contributed by atoms with Crippen LogP contribution in [0.25, 0.3) is 0 Å². The number of nitrogens with one attached hydrogen (secondary N) is 1. The molecule has 1 aliphatic rings. The number of hydrogen-bond acceptors (Lipinski definition) is 5. The van der Waals surface area contributed by atoms with Gasteiger partial charge >= 0.3 is 0 Å². The molecule has 106 valence electrons. The minimum atomic E-state index is -0.462. The molecule has 0 aromatic carbocycles. The van der Waals surface area contributed by atoms with E-state index in [0.29, 0.717) is 12.0 Å². The zero-order valence-corrected chi connectivity index (χ0v) is 12.0. The molecule has 2 aromatic rings. The number of rotatable bonds is 4. The van der Waals surface area contributed by atoms with Gasteiger partial charge in [0, 0.05) is 18.4 Å². The first-order valence-corrected chi connectivity index (χ1v) is 7.18. The van der Waals surface area contributed by atoms with Gasteiger partial charge in [0.1, 0.15) is 5.92 Å². The molecule has 2 aromatic heterocycles. The SMILES string of the molecule is Cc1cnc(NC2CCC2)nc1C(C#N)c1ccccn1. The van der Waals surface area contributed by atoms with Crippen molar-refractivity contribution in [2.45, 2.75) is 38.1 Å². The van der Waals surface area contributed by atoms with E-state index in [1.165, 1.54) is 6.42 Å². The molecule has 0 amide bonds. The highest BCUT2D eigenvalue weighted by Crippen LogP contribution is 2.26. The average Bonchev–Trinajstić information content (AvgIpc) is 2.48. The summed E-state index contributed by atoms with van der Waals surface area (Å²) in [4.78, 5) is 13.2. The Morgan fingerprint density at radius 3 is 2.81 bits per heavy atom. The van der Waals surface area contributed by atoms with Crippen molar-refractivity contribution in [2.24, 2.45) is 0 Å². The van der Waals surface area contributed by atoms with Gasteiger partial charge in [0.25, 0.3) is 0 Å². The summed E-state index contributed by atoms with van der Waals surface area (Å²) in [5, 5.41) is 12.8. The molecule has 0 aliphatic heterocycles. The van der Waals surface area contributed by atoms with Crippen LogP contribution in [0.2, 0.25) is 0 Å². The van der Waals surface area contributed by atoms with E-state index in [2.05, 4.69) is 26.3 Å². The zero-order chi connectivity index (χ0) is 14.7. The van der Waals surface area contributed by atoms with Crippen LogP contribution in [0.15, 0.2) is 30.6 Å². The molecule has 0 saturated heterocycles. The van der Waals surface area contributed by atoms with Crippen LogP contribution in [-0.2, 0) is 0 Å². The van der Waals surface area contributed by atoms with Crippen LogP contribution in [-0.4, -0.2) is 21.0 Å². The highest BCUT2D eigenvalue weighted by molar-refractivity contribution is 5.38. The van der Waals surface area contributed by atoms with Crippen molar-refractivity contribution < 1.29 is 0 Å². The molecule has 2 heterocycles. The van der Waals surface area contributed by atoms with E-state index >= 15 is 0 Å². The Balaban J connectivity index is 1.92. The predicted octanol–water partition coefficient (Wildman–Crippen LogP) is 2.80. The molecule has 5 nitrogen and oxygen atoms in total. The molecule has 5 heteroatoms. The minimum absolute atomic E-state index is 0.462. The molecule has 1 unspecified atom stereocenters. The molecule has 1 saturated carbocycles. The van der Waals surface area contributed by atoms with Gasteiger partial charge in [-0.3, -0.25) is 4.98 Å². The Bertz CT molecular complexity index is 658. The smallest absolute Gasteiger partial charge is 0.223 e. The van der Waals surface area contributed by atoms with Gasteiger partial charge in [0.15, 0.2) is 0 Å². The number of aromatic nitrogens is 3. The summed E-state index contributed by atoms with van der Waals surface area (Å²) in [7, 11) is 0. The molecule has 1 atom stereocenters. The summed E-state index contributed by atoms with van der Waals surface area (Å²) >= 11 is 0. The second-order valence-corrected chi connectivity index (χ2v) is 5.35. The Kier molecular flexibility index (Phi) is 3.78. The summed E-state index contributed by atoms with van der Waals surface area (Å²) in [5.74, 6) is 0.146. The summed E-state index contributed by atoms with van der Waals surface area (Å²) in [5.41, 5.74) is 2.36. The standard InChI is InChI=1S/C16H17N5/c1-11-10-19-16(20-12-5-4-6-12)21-15(11)13(9-17)14-7-2-3-8-18-14/h2-3,7-8,10,12-13H,4-6H2,1H3,(H,19,20,21). The fourth-order valence-corrected chi connectivity index (χ4v) is 2.37. The first kappa shape index (κ1) is 13.5. The maximum atomic E-state index is 9.52. The van der Waals surface area contributed by atoms with Gasteiger partial charge in [-0.25, -0.2) is 9.97 Å². The maximum Gasteiger partial charge on any atom is 0.223 e. The number of anilines is 1. The highest BCUT2D eigenvalue weighted by atomic mass is 15.1. The van der Waals surface area contributed by atoms with Crippen molar-refractivity contribution in [2.75, 3.05) is 5.32 Å². The quantitative estimate of drug-likeness (QED) is 0.931. The Morgan fingerprint density at radius 1 is 1.33 bits per heavy atom. The van der Waals surface area contributed by atoms with Crippen LogP contribution >= 0.6 is 0 Å². The molecule has 0 bridgehead atoms. The van der Waals surface area contributed by atoms with E-state index in [-0.39, 0.29) is 0 Å². The molecular weight excluding hydrogens is 262 g/mol. The fourth-order valence-electron chi connectivity index (χ4n) is 2.37. The second kappa shape index (κ2) is 5.88. The molecule has 0 spiro atoms. The summed E-state index contributed by atoms with van der Waals surface area (Å²) in [6.45, 7) is 1.93. The van der Waals surface area contributed by atoms with Gasteiger partial charge in [-0.15, -0.1) is 0 Å². The number of hydrogen-bond donors (Lipinski definition) is 1. The van der Waals surface area contributed by atoms with E-state index in [0.717, 1.165) is 29.8 Å². The second-order valence-electron chi connectivity index (χ2n) is 5.35. The molecule has 1 N–H and O–H groups in total. The Morgan fingerprint density at radius 2 is 2.19 bits per heavy atom. The van der Waals surface area contributed by atoms with Crippen molar-refractivity contribution in [3.05, 3.63) is 47.5 Å². The van der Waals surface area contributed by atoms with Crippen molar-refractivity contribution in [1.29, 1.82) is 5.26 Å². The Hall–Kier alpha value is -2.48. The topological polar surface area (TPSA) is 74.5 Å². The third-order valence-electron chi connectivity index (χ3n) is 3.84. The van der Waals surface area contributed by atoms with E-state index in [1.54, 1.807) is 12.4 Å². The minimum Gasteiger partial charge on any atom is -0.351 e. The third kappa shape index (κ3) is 2.84. The predicted molar refractivity (Wildman–Crippen MR) is 79.7 cm³/mol. The van der Waals surface area contributed by atoms with E-state index in [1.807, 2.05) is 25.1 Å². The van der Waals surface area contributed by atoms with Crippen LogP contribution in [0.5, 0.6) is 0 Å². The summed E-state index contributed by atoms with van der Waals surface area (Å²) < 4.78 is 0. The molecule has 1 aliphatic carbocycles.